The normalized spacial score (nSPS) is 21.9. The van der Waals surface area contributed by atoms with E-state index in [1.54, 1.807) is 37.4 Å². The quantitative estimate of drug-likeness (QED) is 0.191. The van der Waals surface area contributed by atoms with Crippen molar-refractivity contribution in [2.24, 2.45) is 0 Å². The molecule has 0 aromatic heterocycles. The van der Waals surface area contributed by atoms with Crippen LogP contribution < -0.4 is 26.6 Å². The Morgan fingerprint density at radius 2 is 1.52 bits per heavy atom. The van der Waals surface area contributed by atoms with Crippen molar-refractivity contribution in [2.75, 3.05) is 67.0 Å². The number of aromatic hydroxyl groups is 2. The van der Waals surface area contributed by atoms with E-state index in [4.69, 9.17) is 0 Å². The molecule has 2 heterocycles. The van der Waals surface area contributed by atoms with Gasteiger partial charge in [0.15, 0.2) is 0 Å². The van der Waals surface area contributed by atoms with E-state index in [9.17, 15) is 24.6 Å². The Balaban J connectivity index is 1.64. The molecule has 4 rings (SSSR count). The number of piperazine rings is 1. The summed E-state index contributed by atoms with van der Waals surface area (Å²) in [6.45, 7) is 5.55. The van der Waals surface area contributed by atoms with Gasteiger partial charge in [-0.15, -0.1) is 0 Å². The molecule has 44 heavy (non-hydrogen) atoms. The summed E-state index contributed by atoms with van der Waals surface area (Å²) in [6.07, 6.45) is 1.21. The lowest BCUT2D eigenvalue weighted by Gasteiger charge is -2.32. The second kappa shape index (κ2) is 15.8. The highest BCUT2D eigenvalue weighted by Crippen LogP contribution is 2.31. The summed E-state index contributed by atoms with van der Waals surface area (Å²) in [5.41, 5.74) is 2.61. The molecule has 2 aliphatic heterocycles. The number of hydrogen-bond donors (Lipinski definition) is 7. The minimum Gasteiger partial charge on any atom is -0.508 e. The average Bonchev–Trinajstić information content (AvgIpc) is 3.01. The third-order valence-electron chi connectivity index (χ3n) is 8.51. The van der Waals surface area contributed by atoms with Crippen LogP contribution in [0.25, 0.3) is 11.1 Å². The minimum absolute atomic E-state index is 0.00988. The Morgan fingerprint density at radius 3 is 2.14 bits per heavy atom. The first-order valence-electron chi connectivity index (χ1n) is 15.4. The van der Waals surface area contributed by atoms with Crippen molar-refractivity contribution in [2.45, 2.75) is 43.8 Å². The number of likely N-dealkylation sites (N-methyl/N-ethyl adjacent to an activating group) is 2. The van der Waals surface area contributed by atoms with Gasteiger partial charge in [0.1, 0.15) is 23.6 Å². The van der Waals surface area contributed by atoms with Gasteiger partial charge in [0, 0.05) is 52.1 Å². The summed E-state index contributed by atoms with van der Waals surface area (Å²) in [4.78, 5) is 45.3. The van der Waals surface area contributed by atoms with Crippen molar-refractivity contribution in [1.29, 1.82) is 0 Å². The van der Waals surface area contributed by atoms with E-state index >= 15 is 0 Å². The van der Waals surface area contributed by atoms with Gasteiger partial charge in [-0.1, -0.05) is 12.1 Å². The Hall–Kier alpha value is -3.71. The number of fused-ring (bicyclic) bond motifs is 5. The summed E-state index contributed by atoms with van der Waals surface area (Å²) in [5, 5.41) is 36.2. The minimum atomic E-state index is -0.986. The topological polar surface area (TPSA) is 158 Å². The number of carbonyl (C=O) groups excluding carboxylic acids is 3. The van der Waals surface area contributed by atoms with Gasteiger partial charge >= 0.3 is 0 Å². The molecule has 4 bridgehead atoms. The van der Waals surface area contributed by atoms with E-state index < -0.39 is 24.0 Å². The van der Waals surface area contributed by atoms with Gasteiger partial charge in [0.25, 0.3) is 0 Å². The highest BCUT2D eigenvalue weighted by molar-refractivity contribution is 5.93. The Labute approximate surface area is 259 Å². The first kappa shape index (κ1) is 33.2. The first-order valence-corrected chi connectivity index (χ1v) is 15.4. The smallest absolute Gasteiger partial charge is 0.243 e. The summed E-state index contributed by atoms with van der Waals surface area (Å²) in [7, 11) is 5.56. The maximum atomic E-state index is 13.7. The molecular formula is C32H47N7O5. The van der Waals surface area contributed by atoms with Crippen LogP contribution in [0.1, 0.15) is 24.0 Å². The van der Waals surface area contributed by atoms with Crippen LogP contribution in [0, 0.1) is 0 Å². The predicted molar refractivity (Wildman–Crippen MR) is 169 cm³/mol. The highest BCUT2D eigenvalue weighted by atomic mass is 16.3. The molecule has 12 nitrogen and oxygen atoms in total. The zero-order valence-corrected chi connectivity index (χ0v) is 26.0. The van der Waals surface area contributed by atoms with Crippen LogP contribution in [-0.4, -0.2) is 123 Å². The molecule has 2 aromatic carbocycles. The lowest BCUT2D eigenvalue weighted by Crippen LogP contribution is -2.57. The number of amides is 3. The van der Waals surface area contributed by atoms with E-state index in [0.29, 0.717) is 43.6 Å². The number of nitrogens with zero attached hydrogens (tertiary/aromatic N) is 2. The number of nitrogens with one attached hydrogen (secondary N) is 5. The van der Waals surface area contributed by atoms with Gasteiger partial charge in [-0.05, 0) is 87.0 Å². The summed E-state index contributed by atoms with van der Waals surface area (Å²) in [5.74, 6) is -1.15. The van der Waals surface area contributed by atoms with E-state index in [1.165, 1.54) is 0 Å². The van der Waals surface area contributed by atoms with Crippen LogP contribution in [0.2, 0.25) is 0 Å². The molecule has 0 unspecified atom stereocenters. The molecule has 3 amide bonds. The summed E-state index contributed by atoms with van der Waals surface area (Å²) in [6, 6.07) is 7.71. The lowest BCUT2D eigenvalue weighted by molar-refractivity contribution is -0.132. The average molecular weight is 610 g/mol. The SMILES string of the molecule is CNCCC[C@@H]1NC(=O)[C@@H](NC)Cc2cc(ccc2O)-c2ccc(O)c(c2)C[C@@H](C(=O)NCCN2CCN(C)CC2)NC1=O. The molecule has 1 saturated heterocycles. The standard InChI is InChI=1S/C32H47N7O5/c1-33-10-4-5-25-31(43)37-27(30(42)35-11-12-39-15-13-38(3)14-16-39)20-24-18-22(7-9-29(24)41)21-6-8-28(40)23(17-21)19-26(34-2)32(44)36-25/h6-9,17-18,25-27,33-34,40-41H,4-5,10-16,19-20H2,1-3H3,(H,35,42)(H,36,44)(H,37,43)/t25-,26-,27-/m0/s1. The maximum absolute atomic E-state index is 13.7. The van der Waals surface area contributed by atoms with Gasteiger partial charge < -0.3 is 41.7 Å². The molecule has 3 atom stereocenters. The molecule has 12 heteroatoms. The van der Waals surface area contributed by atoms with E-state index in [2.05, 4.69) is 43.4 Å². The van der Waals surface area contributed by atoms with Crippen LogP contribution in [0.3, 0.4) is 0 Å². The fourth-order valence-corrected chi connectivity index (χ4v) is 5.66. The molecule has 0 radical (unpaired) electrons. The third-order valence-corrected chi connectivity index (χ3v) is 8.51. The fraction of sp³-hybridized carbons (Fsp3) is 0.531. The molecule has 0 aliphatic carbocycles. The highest BCUT2D eigenvalue weighted by Gasteiger charge is 2.30. The van der Waals surface area contributed by atoms with Crippen LogP contribution in [0.5, 0.6) is 11.5 Å². The number of carbonyl (C=O) groups is 3. The molecule has 0 spiro atoms. The lowest BCUT2D eigenvalue weighted by atomic mass is 9.95. The van der Waals surface area contributed by atoms with E-state index in [1.807, 2.05) is 13.1 Å². The summed E-state index contributed by atoms with van der Waals surface area (Å²) >= 11 is 0. The molecule has 2 aromatic rings. The van der Waals surface area contributed by atoms with Crippen LogP contribution >= 0.6 is 0 Å². The molecule has 240 valence electrons. The van der Waals surface area contributed by atoms with Gasteiger partial charge in [-0.3, -0.25) is 19.3 Å². The number of rotatable bonds is 9. The molecular weight excluding hydrogens is 562 g/mol. The zero-order chi connectivity index (χ0) is 31.6. The van der Waals surface area contributed by atoms with E-state index in [0.717, 1.165) is 37.3 Å². The first-order chi connectivity index (χ1) is 21.2. The Morgan fingerprint density at radius 1 is 0.886 bits per heavy atom. The number of phenols is 2. The Kier molecular flexibility index (Phi) is 12.0. The Bertz CT molecular complexity index is 1300. The van der Waals surface area contributed by atoms with Crippen molar-refractivity contribution in [3.8, 4) is 22.6 Å². The van der Waals surface area contributed by atoms with Crippen molar-refractivity contribution < 1.29 is 24.6 Å². The van der Waals surface area contributed by atoms with Gasteiger partial charge in [-0.25, -0.2) is 0 Å². The zero-order valence-electron chi connectivity index (χ0n) is 26.0. The second-order valence-corrected chi connectivity index (χ2v) is 11.7. The predicted octanol–water partition coefficient (Wildman–Crippen LogP) is -0.216. The van der Waals surface area contributed by atoms with Crippen LogP contribution in [0.15, 0.2) is 36.4 Å². The van der Waals surface area contributed by atoms with E-state index in [-0.39, 0.29) is 36.2 Å². The molecule has 0 saturated carbocycles. The third kappa shape index (κ3) is 8.91. The monoisotopic (exact) mass is 609 g/mol. The number of benzene rings is 2. The van der Waals surface area contributed by atoms with Crippen molar-refractivity contribution in [3.63, 3.8) is 0 Å². The van der Waals surface area contributed by atoms with Gasteiger partial charge in [0.05, 0.1) is 6.04 Å². The number of phenolic OH excluding ortho intramolecular Hbond substituents is 2. The van der Waals surface area contributed by atoms with Crippen molar-refractivity contribution >= 4 is 17.7 Å². The van der Waals surface area contributed by atoms with Crippen molar-refractivity contribution in [1.82, 2.24) is 36.4 Å². The largest absolute Gasteiger partial charge is 0.508 e. The molecule has 1 fully saturated rings. The second-order valence-electron chi connectivity index (χ2n) is 11.7. The van der Waals surface area contributed by atoms with Gasteiger partial charge in [0.2, 0.25) is 17.7 Å². The molecule has 7 N–H and O–H groups in total. The fourth-order valence-electron chi connectivity index (χ4n) is 5.66. The van der Waals surface area contributed by atoms with Gasteiger partial charge in [-0.2, -0.15) is 0 Å². The number of hydrogen-bond acceptors (Lipinski definition) is 9. The van der Waals surface area contributed by atoms with Crippen molar-refractivity contribution in [3.05, 3.63) is 47.5 Å². The maximum Gasteiger partial charge on any atom is 0.243 e. The van der Waals surface area contributed by atoms with Crippen LogP contribution in [-0.2, 0) is 27.2 Å². The summed E-state index contributed by atoms with van der Waals surface area (Å²) < 4.78 is 0. The van der Waals surface area contributed by atoms with Crippen LogP contribution in [0.4, 0.5) is 0 Å². The molecule has 2 aliphatic rings.